The number of nitrogen functional groups attached to an aromatic ring is 1. The van der Waals surface area contributed by atoms with E-state index in [4.69, 9.17) is 10.5 Å². The second-order valence-corrected chi connectivity index (χ2v) is 7.99. The number of likely N-dealkylation sites (tertiary alicyclic amines) is 1. The molecule has 1 aliphatic heterocycles. The molecule has 1 saturated heterocycles. The van der Waals surface area contributed by atoms with Crippen molar-refractivity contribution in [3.05, 3.63) is 29.6 Å². The second-order valence-electron chi connectivity index (χ2n) is 7.99. The largest absolute Gasteiger partial charge is 0.419 e. The maximum Gasteiger partial charge on any atom is 0.419 e. The average molecular weight is 449 g/mol. The lowest BCUT2D eigenvalue weighted by atomic mass is 10.1. The van der Waals surface area contributed by atoms with Crippen molar-refractivity contribution >= 4 is 5.82 Å². The maximum atomic E-state index is 13.2. The van der Waals surface area contributed by atoms with Gasteiger partial charge in [0.15, 0.2) is 0 Å². The molecule has 2 fully saturated rings. The SMILES string of the molecule is COCCN1C[C@@H]2C(c3cc(-c4cnc(N)c(C(F)(F)F)c4)nn3CC(F)(F)F)[C@@H]2C1. The Bertz CT molecular complexity index is 944. The normalized spacial score (nSPS) is 23.9. The van der Waals surface area contributed by atoms with Crippen LogP contribution in [0.25, 0.3) is 11.3 Å². The zero-order chi connectivity index (χ0) is 22.6. The summed E-state index contributed by atoms with van der Waals surface area (Å²) in [7, 11) is 1.60. The zero-order valence-corrected chi connectivity index (χ0v) is 16.5. The van der Waals surface area contributed by atoms with Gasteiger partial charge in [0.05, 0.1) is 17.9 Å². The van der Waals surface area contributed by atoms with E-state index in [-0.39, 0.29) is 29.0 Å². The Morgan fingerprint density at radius 1 is 1.13 bits per heavy atom. The number of hydrogen-bond acceptors (Lipinski definition) is 5. The number of aromatic nitrogens is 3. The second kappa shape index (κ2) is 7.66. The number of ether oxygens (including phenoxy) is 1. The summed E-state index contributed by atoms with van der Waals surface area (Å²) in [4.78, 5) is 5.75. The van der Waals surface area contributed by atoms with E-state index in [0.717, 1.165) is 36.6 Å². The van der Waals surface area contributed by atoms with Crippen LogP contribution in [0.1, 0.15) is 17.2 Å². The Morgan fingerprint density at radius 2 is 1.81 bits per heavy atom. The standard InChI is InChI=1S/C19H21F6N5O/c1-31-3-2-29-7-11-12(8-29)16(11)15-5-14(28-30(15)9-18(20,21)22)10-4-13(19(23,24)25)17(26)27-6-10/h4-6,11-12,16H,2-3,7-9H2,1H3,(H2,26,27)/t11-,12+,16?. The molecule has 1 aliphatic carbocycles. The van der Waals surface area contributed by atoms with Crippen molar-refractivity contribution in [1.29, 1.82) is 0 Å². The fraction of sp³-hybridized carbons (Fsp3) is 0.579. The van der Waals surface area contributed by atoms with Crippen molar-refractivity contribution in [3.8, 4) is 11.3 Å². The molecular weight excluding hydrogens is 428 g/mol. The first kappa shape index (κ1) is 21.9. The van der Waals surface area contributed by atoms with Gasteiger partial charge in [0, 0.05) is 50.1 Å². The highest BCUT2D eigenvalue weighted by molar-refractivity contribution is 5.63. The zero-order valence-electron chi connectivity index (χ0n) is 16.5. The monoisotopic (exact) mass is 449 g/mol. The van der Waals surface area contributed by atoms with Gasteiger partial charge in [0.1, 0.15) is 12.4 Å². The molecule has 0 radical (unpaired) electrons. The molecule has 2 aromatic heterocycles. The number of pyridine rings is 1. The van der Waals surface area contributed by atoms with E-state index < -0.39 is 30.3 Å². The average Bonchev–Trinajstić information content (AvgIpc) is 3.00. The van der Waals surface area contributed by atoms with Gasteiger partial charge in [-0.25, -0.2) is 4.98 Å². The minimum absolute atomic E-state index is 0.0125. The lowest BCUT2D eigenvalue weighted by Gasteiger charge is -2.19. The fourth-order valence-corrected chi connectivity index (χ4v) is 4.43. The summed E-state index contributed by atoms with van der Waals surface area (Å²) in [6, 6.07) is 2.22. The predicted octanol–water partition coefficient (Wildman–Crippen LogP) is 3.40. The number of rotatable bonds is 6. The van der Waals surface area contributed by atoms with Crippen LogP contribution < -0.4 is 5.73 Å². The van der Waals surface area contributed by atoms with E-state index in [9.17, 15) is 26.3 Å². The third-order valence-electron chi connectivity index (χ3n) is 5.88. The van der Waals surface area contributed by atoms with Gasteiger partial charge >= 0.3 is 12.4 Å². The third-order valence-corrected chi connectivity index (χ3v) is 5.88. The number of anilines is 1. The molecule has 31 heavy (non-hydrogen) atoms. The van der Waals surface area contributed by atoms with Gasteiger partial charge in [-0.1, -0.05) is 0 Å². The smallest absolute Gasteiger partial charge is 0.383 e. The highest BCUT2D eigenvalue weighted by Gasteiger charge is 2.57. The van der Waals surface area contributed by atoms with Crippen LogP contribution in [0.5, 0.6) is 0 Å². The lowest BCUT2D eigenvalue weighted by Crippen LogP contribution is -2.28. The van der Waals surface area contributed by atoms with Gasteiger partial charge in [0.25, 0.3) is 0 Å². The van der Waals surface area contributed by atoms with E-state index in [1.165, 1.54) is 6.07 Å². The number of nitrogens with two attached hydrogens (primary N) is 1. The van der Waals surface area contributed by atoms with E-state index in [1.807, 2.05) is 0 Å². The summed E-state index contributed by atoms with van der Waals surface area (Å²) in [6.45, 7) is 1.51. The Morgan fingerprint density at radius 3 is 2.39 bits per heavy atom. The molecule has 6 nitrogen and oxygen atoms in total. The molecular formula is C19H21F6N5O. The maximum absolute atomic E-state index is 13.2. The van der Waals surface area contributed by atoms with Crippen LogP contribution in [-0.2, 0) is 17.5 Å². The molecule has 4 rings (SSSR count). The number of fused-ring (bicyclic) bond motifs is 1. The topological polar surface area (TPSA) is 69.2 Å². The molecule has 0 aromatic carbocycles. The van der Waals surface area contributed by atoms with E-state index in [2.05, 4.69) is 15.0 Å². The summed E-state index contributed by atoms with van der Waals surface area (Å²) >= 11 is 0. The molecule has 1 saturated carbocycles. The molecule has 0 bridgehead atoms. The first-order valence-corrected chi connectivity index (χ1v) is 9.67. The van der Waals surface area contributed by atoms with Crippen LogP contribution in [0, 0.1) is 11.8 Å². The first-order valence-electron chi connectivity index (χ1n) is 9.67. The summed E-state index contributed by atoms with van der Waals surface area (Å²) < 4.78 is 84.8. The first-order chi connectivity index (χ1) is 14.5. The van der Waals surface area contributed by atoms with Gasteiger partial charge < -0.3 is 15.4 Å². The molecule has 0 spiro atoms. The van der Waals surface area contributed by atoms with E-state index >= 15 is 0 Å². The van der Waals surface area contributed by atoms with Gasteiger partial charge in [-0.15, -0.1) is 0 Å². The number of alkyl halides is 6. The van der Waals surface area contributed by atoms with Gasteiger partial charge in [-0.05, 0) is 24.0 Å². The predicted molar refractivity (Wildman–Crippen MR) is 99.0 cm³/mol. The molecule has 2 aliphatic rings. The quantitative estimate of drug-likeness (QED) is 0.685. The molecule has 2 N–H and O–H groups in total. The lowest BCUT2D eigenvalue weighted by molar-refractivity contribution is -0.143. The van der Waals surface area contributed by atoms with Crippen LogP contribution in [0.4, 0.5) is 32.2 Å². The number of hydrogen-bond donors (Lipinski definition) is 1. The Hall–Kier alpha value is -2.34. The van der Waals surface area contributed by atoms with Crippen molar-refractivity contribution in [2.45, 2.75) is 24.8 Å². The van der Waals surface area contributed by atoms with Gasteiger partial charge in [-0.3, -0.25) is 4.68 Å². The van der Waals surface area contributed by atoms with Crippen LogP contribution in [0.2, 0.25) is 0 Å². The molecule has 1 unspecified atom stereocenters. The van der Waals surface area contributed by atoms with Crippen molar-refractivity contribution < 1.29 is 31.1 Å². The van der Waals surface area contributed by atoms with Crippen LogP contribution in [-0.4, -0.2) is 59.2 Å². The Kier molecular flexibility index (Phi) is 5.41. The molecule has 0 amide bonds. The highest BCUT2D eigenvalue weighted by atomic mass is 19.4. The molecule has 3 atom stereocenters. The molecule has 12 heteroatoms. The van der Waals surface area contributed by atoms with Crippen molar-refractivity contribution in [3.63, 3.8) is 0 Å². The number of piperidine rings is 1. The minimum Gasteiger partial charge on any atom is -0.383 e. The third kappa shape index (κ3) is 4.49. The summed E-state index contributed by atoms with van der Waals surface area (Å²) in [6.07, 6.45) is -8.15. The minimum atomic E-state index is -4.73. The number of nitrogens with zero attached hydrogens (tertiary/aromatic N) is 4. The van der Waals surface area contributed by atoms with Crippen molar-refractivity contribution in [2.75, 3.05) is 39.1 Å². The Labute approximate surface area is 174 Å². The number of halogens is 6. The van der Waals surface area contributed by atoms with Gasteiger partial charge in [-0.2, -0.15) is 31.4 Å². The van der Waals surface area contributed by atoms with Crippen molar-refractivity contribution in [2.24, 2.45) is 11.8 Å². The molecule has 170 valence electrons. The molecule has 2 aromatic rings. The summed E-state index contributed by atoms with van der Waals surface area (Å²) in [5.74, 6) is -0.405. The highest BCUT2D eigenvalue weighted by Crippen LogP contribution is 2.58. The molecule has 3 heterocycles. The summed E-state index contributed by atoms with van der Waals surface area (Å²) in [5.41, 5.74) is 4.55. The van der Waals surface area contributed by atoms with E-state index in [0.29, 0.717) is 12.3 Å². The summed E-state index contributed by atoms with van der Waals surface area (Å²) in [5, 5.41) is 3.99. The number of methoxy groups -OCH3 is 1. The van der Waals surface area contributed by atoms with E-state index in [1.54, 1.807) is 7.11 Å². The van der Waals surface area contributed by atoms with Gasteiger partial charge in [0.2, 0.25) is 0 Å². The Balaban J connectivity index is 1.62. The van der Waals surface area contributed by atoms with Crippen LogP contribution >= 0.6 is 0 Å². The van der Waals surface area contributed by atoms with Crippen LogP contribution in [0.3, 0.4) is 0 Å². The van der Waals surface area contributed by atoms with Crippen LogP contribution in [0.15, 0.2) is 18.3 Å². The fourth-order valence-electron chi connectivity index (χ4n) is 4.43. The van der Waals surface area contributed by atoms with Crippen molar-refractivity contribution in [1.82, 2.24) is 19.7 Å².